The van der Waals surface area contributed by atoms with Crippen molar-refractivity contribution in [3.05, 3.63) is 24.3 Å². The molecule has 2 rings (SSSR count). The van der Waals surface area contributed by atoms with Crippen LogP contribution in [0.25, 0.3) is 0 Å². The maximum absolute atomic E-state index is 2.27. The zero-order valence-corrected chi connectivity index (χ0v) is 5.31. The molecule has 0 nitrogen and oxygen atoms in total. The van der Waals surface area contributed by atoms with Crippen molar-refractivity contribution in [3.63, 3.8) is 0 Å². The molecule has 0 N–H and O–H groups in total. The van der Waals surface area contributed by atoms with Gasteiger partial charge in [0.25, 0.3) is 0 Å². The van der Waals surface area contributed by atoms with Gasteiger partial charge in [0.05, 0.1) is 0 Å². The summed E-state index contributed by atoms with van der Waals surface area (Å²) in [5.74, 6) is 0. The van der Waals surface area contributed by atoms with E-state index in [9.17, 15) is 0 Å². The van der Waals surface area contributed by atoms with Crippen molar-refractivity contribution >= 4 is 0 Å². The van der Waals surface area contributed by atoms with Gasteiger partial charge >= 0.3 is 0 Å². The second-order valence-corrected chi connectivity index (χ2v) is 3.23. The summed E-state index contributed by atoms with van der Waals surface area (Å²) in [6.07, 6.45) is 9.08. The predicted molar refractivity (Wildman–Crippen MR) is 34.5 cm³/mol. The van der Waals surface area contributed by atoms with Crippen molar-refractivity contribution in [2.24, 2.45) is 10.8 Å². The van der Waals surface area contributed by atoms with Gasteiger partial charge in [-0.2, -0.15) is 0 Å². The number of allylic oxidation sites excluding steroid dienone is 4. The second kappa shape index (κ2) is 0.812. The molecule has 0 heteroatoms. The Morgan fingerprint density at radius 1 is 0.750 bits per heavy atom. The molecule has 0 aliphatic heterocycles. The normalized spacial score (nSPS) is 32.8. The van der Waals surface area contributed by atoms with E-state index in [0.717, 1.165) is 0 Å². The Hall–Kier alpha value is -0.520. The Labute approximate surface area is 49.9 Å². The summed E-state index contributed by atoms with van der Waals surface area (Å²) in [6, 6.07) is 0. The SMILES string of the molecule is CC1(C2(C)C=C2)C=C1. The minimum Gasteiger partial charge on any atom is -0.0768 e. The highest BCUT2D eigenvalue weighted by Gasteiger charge is 2.49. The number of rotatable bonds is 1. The van der Waals surface area contributed by atoms with Gasteiger partial charge in [0.1, 0.15) is 0 Å². The Balaban J connectivity index is 2.18. The summed E-state index contributed by atoms with van der Waals surface area (Å²) in [5, 5.41) is 0. The fourth-order valence-electron chi connectivity index (χ4n) is 0.968. The van der Waals surface area contributed by atoms with E-state index in [0.29, 0.717) is 10.8 Å². The fourth-order valence-corrected chi connectivity index (χ4v) is 0.968. The van der Waals surface area contributed by atoms with Crippen molar-refractivity contribution in [2.45, 2.75) is 13.8 Å². The van der Waals surface area contributed by atoms with Crippen LogP contribution >= 0.6 is 0 Å². The number of hydrogen-bond donors (Lipinski definition) is 0. The minimum atomic E-state index is 0.438. The van der Waals surface area contributed by atoms with Crippen LogP contribution in [0.15, 0.2) is 24.3 Å². The zero-order chi connectivity index (χ0) is 5.83. The van der Waals surface area contributed by atoms with Crippen LogP contribution in [0.4, 0.5) is 0 Å². The van der Waals surface area contributed by atoms with E-state index in [1.165, 1.54) is 0 Å². The monoisotopic (exact) mass is 106 g/mol. The van der Waals surface area contributed by atoms with Gasteiger partial charge in [0, 0.05) is 10.8 Å². The Bertz CT molecular complexity index is 150. The van der Waals surface area contributed by atoms with Crippen molar-refractivity contribution in [3.8, 4) is 0 Å². The van der Waals surface area contributed by atoms with Crippen LogP contribution in [0, 0.1) is 10.8 Å². The van der Waals surface area contributed by atoms with E-state index in [-0.39, 0.29) is 0 Å². The van der Waals surface area contributed by atoms with Crippen molar-refractivity contribution in [1.82, 2.24) is 0 Å². The molecule has 2 aliphatic carbocycles. The van der Waals surface area contributed by atoms with Gasteiger partial charge in [-0.25, -0.2) is 0 Å². The molecule has 0 atom stereocenters. The van der Waals surface area contributed by atoms with Gasteiger partial charge in [0.15, 0.2) is 0 Å². The second-order valence-electron chi connectivity index (χ2n) is 3.23. The maximum Gasteiger partial charge on any atom is 0.0156 e. The molecule has 42 valence electrons. The Morgan fingerprint density at radius 3 is 1.12 bits per heavy atom. The van der Waals surface area contributed by atoms with E-state index < -0.39 is 0 Å². The quantitative estimate of drug-likeness (QED) is 0.449. The third kappa shape index (κ3) is 0.322. The van der Waals surface area contributed by atoms with Crippen molar-refractivity contribution in [2.75, 3.05) is 0 Å². The summed E-state index contributed by atoms with van der Waals surface area (Å²) in [7, 11) is 0. The van der Waals surface area contributed by atoms with Gasteiger partial charge in [-0.1, -0.05) is 38.2 Å². The average molecular weight is 106 g/mol. The molecule has 0 bridgehead atoms. The molecule has 0 saturated carbocycles. The summed E-state index contributed by atoms with van der Waals surface area (Å²) in [5.41, 5.74) is 0.875. The van der Waals surface area contributed by atoms with Crippen LogP contribution in [0.1, 0.15) is 13.8 Å². The van der Waals surface area contributed by atoms with E-state index in [2.05, 4.69) is 38.2 Å². The van der Waals surface area contributed by atoms with E-state index in [1.54, 1.807) is 0 Å². The molecular formula is C8H10. The molecule has 0 aromatic carbocycles. The van der Waals surface area contributed by atoms with Gasteiger partial charge in [0.2, 0.25) is 0 Å². The number of hydrogen-bond acceptors (Lipinski definition) is 0. The zero-order valence-electron chi connectivity index (χ0n) is 5.31. The first-order valence-corrected chi connectivity index (χ1v) is 3.07. The standard InChI is InChI=1S/C8H10/c1-7(3-4-7)8(2)5-6-8/h3-6H,1-2H3. The van der Waals surface area contributed by atoms with Gasteiger partial charge in [-0.15, -0.1) is 0 Å². The highest BCUT2D eigenvalue weighted by molar-refractivity contribution is 5.43. The highest BCUT2D eigenvalue weighted by Crippen LogP contribution is 2.58. The lowest BCUT2D eigenvalue weighted by Crippen LogP contribution is -2.11. The van der Waals surface area contributed by atoms with Crippen molar-refractivity contribution < 1.29 is 0 Å². The summed E-state index contributed by atoms with van der Waals surface area (Å²) >= 11 is 0. The average Bonchev–Trinajstić information content (AvgIpc) is 2.46. The smallest absolute Gasteiger partial charge is 0.0156 e. The molecular weight excluding hydrogens is 96.1 g/mol. The first kappa shape index (κ1) is 4.37. The first-order chi connectivity index (χ1) is 3.66. The molecule has 0 aromatic rings. The summed E-state index contributed by atoms with van der Waals surface area (Å²) in [4.78, 5) is 0. The molecule has 0 radical (unpaired) electrons. The predicted octanol–water partition coefficient (Wildman–Crippen LogP) is 2.14. The van der Waals surface area contributed by atoms with Crippen LogP contribution in [0.3, 0.4) is 0 Å². The summed E-state index contributed by atoms with van der Waals surface area (Å²) in [6.45, 7) is 4.54. The summed E-state index contributed by atoms with van der Waals surface area (Å²) < 4.78 is 0. The highest BCUT2D eigenvalue weighted by atomic mass is 14.5. The molecule has 0 heterocycles. The van der Waals surface area contributed by atoms with E-state index in [1.807, 2.05) is 0 Å². The lowest BCUT2D eigenvalue weighted by molar-refractivity contribution is 0.426. The maximum atomic E-state index is 2.27. The molecule has 8 heavy (non-hydrogen) atoms. The van der Waals surface area contributed by atoms with E-state index in [4.69, 9.17) is 0 Å². The Kier molecular flexibility index (Phi) is 0.443. The van der Waals surface area contributed by atoms with Crippen LogP contribution in [-0.2, 0) is 0 Å². The molecule has 0 saturated heterocycles. The molecule has 0 unspecified atom stereocenters. The topological polar surface area (TPSA) is 0 Å². The molecule has 0 aromatic heterocycles. The minimum absolute atomic E-state index is 0.438. The lowest BCUT2D eigenvalue weighted by atomic mass is 9.85. The van der Waals surface area contributed by atoms with Gasteiger partial charge in [-0.3, -0.25) is 0 Å². The van der Waals surface area contributed by atoms with Crippen LogP contribution in [0.5, 0.6) is 0 Å². The van der Waals surface area contributed by atoms with E-state index >= 15 is 0 Å². The molecule has 0 fully saturated rings. The van der Waals surface area contributed by atoms with Crippen LogP contribution < -0.4 is 0 Å². The molecule has 0 spiro atoms. The third-order valence-electron chi connectivity index (χ3n) is 2.49. The van der Waals surface area contributed by atoms with Gasteiger partial charge < -0.3 is 0 Å². The third-order valence-corrected chi connectivity index (χ3v) is 2.49. The first-order valence-electron chi connectivity index (χ1n) is 3.07. The van der Waals surface area contributed by atoms with Gasteiger partial charge in [-0.05, 0) is 0 Å². The lowest BCUT2D eigenvalue weighted by Gasteiger charge is -2.17. The molecule has 0 amide bonds. The fraction of sp³-hybridized carbons (Fsp3) is 0.500. The Morgan fingerprint density at radius 2 is 1.00 bits per heavy atom. The molecule has 2 aliphatic rings. The van der Waals surface area contributed by atoms with Crippen LogP contribution in [-0.4, -0.2) is 0 Å². The van der Waals surface area contributed by atoms with Crippen molar-refractivity contribution in [1.29, 1.82) is 0 Å². The van der Waals surface area contributed by atoms with Crippen LogP contribution in [0.2, 0.25) is 0 Å². The largest absolute Gasteiger partial charge is 0.0768 e.